The first-order valence-electron chi connectivity index (χ1n) is 8.44. The van der Waals surface area contributed by atoms with Crippen LogP contribution in [0.3, 0.4) is 0 Å². The molecule has 1 heterocycles. The minimum absolute atomic E-state index is 0.213. The van der Waals surface area contributed by atoms with E-state index in [1.54, 1.807) is 0 Å². The fraction of sp³-hybridized carbons (Fsp3) is 0.611. The summed E-state index contributed by atoms with van der Waals surface area (Å²) in [4.78, 5) is 14.4. The van der Waals surface area contributed by atoms with Gasteiger partial charge in [0.1, 0.15) is 0 Å². The van der Waals surface area contributed by atoms with E-state index < -0.39 is 0 Å². The Balaban J connectivity index is 1.45. The molecule has 3 heteroatoms. The Labute approximate surface area is 127 Å². The zero-order chi connectivity index (χ0) is 14.5. The Bertz CT molecular complexity index is 457. The molecule has 21 heavy (non-hydrogen) atoms. The molecule has 0 spiro atoms. The molecule has 0 unspecified atom stereocenters. The quantitative estimate of drug-likeness (QED) is 0.901. The van der Waals surface area contributed by atoms with Crippen LogP contribution in [0.25, 0.3) is 0 Å². The van der Waals surface area contributed by atoms with Gasteiger partial charge in [-0.2, -0.15) is 0 Å². The smallest absolute Gasteiger partial charge is 0.220 e. The standard InChI is InChI=1S/C18H26N2O/c21-18(19-16-5-1-2-6-16)12-9-15-7-10-17(11-8-15)20-13-3-4-14-20/h7-8,10-11,16H,1-6,9,12-14H2,(H,19,21). The lowest BCUT2D eigenvalue weighted by Gasteiger charge is -2.17. The molecule has 1 N–H and O–H groups in total. The highest BCUT2D eigenvalue weighted by Gasteiger charge is 2.17. The highest BCUT2D eigenvalue weighted by molar-refractivity contribution is 5.76. The normalized spacial score (nSPS) is 19.1. The summed E-state index contributed by atoms with van der Waals surface area (Å²) in [5.41, 5.74) is 2.59. The molecule has 0 atom stereocenters. The topological polar surface area (TPSA) is 32.3 Å². The predicted molar refractivity (Wildman–Crippen MR) is 86.6 cm³/mol. The molecule has 2 aliphatic rings. The molecule has 2 fully saturated rings. The third-order valence-corrected chi connectivity index (χ3v) is 4.77. The van der Waals surface area contributed by atoms with Gasteiger partial charge < -0.3 is 10.2 Å². The third kappa shape index (κ3) is 3.99. The molecule has 0 radical (unpaired) electrons. The minimum Gasteiger partial charge on any atom is -0.372 e. The van der Waals surface area contributed by atoms with Crippen LogP contribution in [0.5, 0.6) is 0 Å². The first-order chi connectivity index (χ1) is 10.3. The van der Waals surface area contributed by atoms with Gasteiger partial charge in [0, 0.05) is 31.2 Å². The Morgan fingerprint density at radius 3 is 2.38 bits per heavy atom. The molecule has 0 bridgehead atoms. The molecule has 3 rings (SSSR count). The molecule has 1 aliphatic heterocycles. The van der Waals surface area contributed by atoms with Gasteiger partial charge in [-0.1, -0.05) is 25.0 Å². The van der Waals surface area contributed by atoms with Crippen molar-refractivity contribution in [2.75, 3.05) is 18.0 Å². The summed E-state index contributed by atoms with van der Waals surface area (Å²) < 4.78 is 0. The average molecular weight is 286 g/mol. The van der Waals surface area contributed by atoms with E-state index in [9.17, 15) is 4.79 Å². The fourth-order valence-electron chi connectivity index (χ4n) is 3.48. The van der Waals surface area contributed by atoms with Crippen molar-refractivity contribution < 1.29 is 4.79 Å². The van der Waals surface area contributed by atoms with Crippen LogP contribution in [-0.2, 0) is 11.2 Å². The van der Waals surface area contributed by atoms with Crippen molar-refractivity contribution in [2.24, 2.45) is 0 Å². The first-order valence-corrected chi connectivity index (χ1v) is 8.44. The monoisotopic (exact) mass is 286 g/mol. The summed E-state index contributed by atoms with van der Waals surface area (Å²) in [6.45, 7) is 2.37. The molecule has 1 saturated carbocycles. The highest BCUT2D eigenvalue weighted by atomic mass is 16.1. The number of nitrogens with zero attached hydrogens (tertiary/aromatic N) is 1. The van der Waals surface area contributed by atoms with Gasteiger partial charge in [0.2, 0.25) is 5.91 Å². The van der Waals surface area contributed by atoms with Crippen molar-refractivity contribution in [3.63, 3.8) is 0 Å². The number of nitrogens with one attached hydrogen (secondary N) is 1. The molecule has 1 saturated heterocycles. The van der Waals surface area contributed by atoms with E-state index in [2.05, 4.69) is 34.5 Å². The maximum Gasteiger partial charge on any atom is 0.220 e. The molecular weight excluding hydrogens is 260 g/mol. The van der Waals surface area contributed by atoms with Gasteiger partial charge in [-0.3, -0.25) is 4.79 Å². The zero-order valence-corrected chi connectivity index (χ0v) is 12.8. The summed E-state index contributed by atoms with van der Waals surface area (Å²) in [6.07, 6.45) is 8.93. The van der Waals surface area contributed by atoms with Gasteiger partial charge in [-0.15, -0.1) is 0 Å². The fourth-order valence-corrected chi connectivity index (χ4v) is 3.48. The number of aryl methyl sites for hydroxylation is 1. The van der Waals surface area contributed by atoms with Gasteiger partial charge in [0.05, 0.1) is 0 Å². The maximum absolute atomic E-state index is 11.9. The van der Waals surface area contributed by atoms with Crippen molar-refractivity contribution in [1.82, 2.24) is 5.32 Å². The molecule has 0 aromatic heterocycles. The molecule has 1 aromatic rings. The molecule has 1 aromatic carbocycles. The van der Waals surface area contributed by atoms with E-state index in [1.165, 1.54) is 50.0 Å². The van der Waals surface area contributed by atoms with E-state index in [4.69, 9.17) is 0 Å². The minimum atomic E-state index is 0.213. The van der Waals surface area contributed by atoms with E-state index in [1.807, 2.05) is 0 Å². The van der Waals surface area contributed by atoms with E-state index in [0.29, 0.717) is 12.5 Å². The largest absolute Gasteiger partial charge is 0.372 e. The molecule has 1 aliphatic carbocycles. The number of carbonyl (C=O) groups excluding carboxylic acids is 1. The summed E-state index contributed by atoms with van der Waals surface area (Å²) in [5.74, 6) is 0.213. The predicted octanol–water partition coefficient (Wildman–Crippen LogP) is 3.28. The summed E-state index contributed by atoms with van der Waals surface area (Å²) >= 11 is 0. The summed E-state index contributed by atoms with van der Waals surface area (Å²) in [7, 11) is 0. The van der Waals surface area contributed by atoms with Crippen LogP contribution in [0, 0.1) is 0 Å². The maximum atomic E-state index is 11.9. The van der Waals surface area contributed by atoms with E-state index in [-0.39, 0.29) is 5.91 Å². The van der Waals surface area contributed by atoms with Crippen LogP contribution in [0.15, 0.2) is 24.3 Å². The Morgan fingerprint density at radius 2 is 1.71 bits per heavy atom. The van der Waals surface area contributed by atoms with Gasteiger partial charge in [0.15, 0.2) is 0 Å². The number of hydrogen-bond donors (Lipinski definition) is 1. The second-order valence-electron chi connectivity index (χ2n) is 6.41. The van der Waals surface area contributed by atoms with E-state index >= 15 is 0 Å². The first kappa shape index (κ1) is 14.4. The lowest BCUT2D eigenvalue weighted by Crippen LogP contribution is -2.32. The average Bonchev–Trinajstić information content (AvgIpc) is 3.19. The third-order valence-electron chi connectivity index (χ3n) is 4.77. The van der Waals surface area contributed by atoms with Crippen LogP contribution in [0.1, 0.15) is 50.5 Å². The SMILES string of the molecule is O=C(CCc1ccc(N2CCCC2)cc1)NC1CCCC1. The number of rotatable bonds is 5. The van der Waals surface area contributed by atoms with Crippen LogP contribution < -0.4 is 10.2 Å². The van der Waals surface area contributed by atoms with Crippen molar-refractivity contribution in [3.8, 4) is 0 Å². The van der Waals surface area contributed by atoms with Crippen LogP contribution in [0.4, 0.5) is 5.69 Å². The summed E-state index contributed by atoms with van der Waals surface area (Å²) in [6, 6.07) is 9.20. The lowest BCUT2D eigenvalue weighted by molar-refractivity contribution is -0.121. The molecular formula is C18H26N2O. The van der Waals surface area contributed by atoms with Gasteiger partial charge in [-0.05, 0) is 49.8 Å². The Hall–Kier alpha value is -1.51. The number of carbonyl (C=O) groups is 1. The number of anilines is 1. The van der Waals surface area contributed by atoms with Crippen molar-refractivity contribution in [3.05, 3.63) is 29.8 Å². The second kappa shape index (κ2) is 6.97. The van der Waals surface area contributed by atoms with Crippen LogP contribution >= 0.6 is 0 Å². The van der Waals surface area contributed by atoms with Crippen molar-refractivity contribution >= 4 is 11.6 Å². The highest BCUT2D eigenvalue weighted by Crippen LogP contribution is 2.21. The number of benzene rings is 1. The van der Waals surface area contributed by atoms with Gasteiger partial charge in [-0.25, -0.2) is 0 Å². The number of hydrogen-bond acceptors (Lipinski definition) is 2. The van der Waals surface area contributed by atoms with Crippen LogP contribution in [-0.4, -0.2) is 25.0 Å². The molecule has 3 nitrogen and oxygen atoms in total. The van der Waals surface area contributed by atoms with E-state index in [0.717, 1.165) is 19.3 Å². The van der Waals surface area contributed by atoms with Gasteiger partial charge >= 0.3 is 0 Å². The Kier molecular flexibility index (Phi) is 4.79. The molecule has 1 amide bonds. The second-order valence-corrected chi connectivity index (χ2v) is 6.41. The zero-order valence-electron chi connectivity index (χ0n) is 12.8. The van der Waals surface area contributed by atoms with Crippen molar-refractivity contribution in [1.29, 1.82) is 0 Å². The Morgan fingerprint density at radius 1 is 1.05 bits per heavy atom. The summed E-state index contributed by atoms with van der Waals surface area (Å²) in [5, 5.41) is 3.16. The lowest BCUT2D eigenvalue weighted by atomic mass is 10.1. The van der Waals surface area contributed by atoms with Crippen LogP contribution in [0.2, 0.25) is 0 Å². The molecule has 114 valence electrons. The van der Waals surface area contributed by atoms with Crippen molar-refractivity contribution in [2.45, 2.75) is 57.4 Å². The van der Waals surface area contributed by atoms with Gasteiger partial charge in [0.25, 0.3) is 0 Å². The number of amides is 1.